The molecule has 2 saturated carbocycles. The molecular weight excluding hydrogens is 402 g/mol. The molecular formula is C26H33N3O3. The minimum absolute atomic E-state index is 0.0989. The number of nitrogens with one attached hydrogen (secondary N) is 1. The molecule has 1 amide bonds. The summed E-state index contributed by atoms with van der Waals surface area (Å²) in [6.45, 7) is 1.73. The van der Waals surface area contributed by atoms with Crippen molar-refractivity contribution in [3.05, 3.63) is 54.4 Å². The Labute approximate surface area is 190 Å². The fourth-order valence-electron chi connectivity index (χ4n) is 5.80. The second-order valence-corrected chi connectivity index (χ2v) is 9.63. The zero-order valence-corrected chi connectivity index (χ0v) is 18.5. The van der Waals surface area contributed by atoms with Gasteiger partial charge in [-0.3, -0.25) is 9.78 Å². The van der Waals surface area contributed by atoms with E-state index in [1.54, 1.807) is 12.4 Å². The first-order valence-electron chi connectivity index (χ1n) is 12.0. The van der Waals surface area contributed by atoms with Gasteiger partial charge in [0.05, 0.1) is 18.3 Å². The first-order valence-corrected chi connectivity index (χ1v) is 12.0. The van der Waals surface area contributed by atoms with Crippen LogP contribution in [0, 0.1) is 11.8 Å². The highest BCUT2D eigenvalue weighted by Gasteiger charge is 2.44. The van der Waals surface area contributed by atoms with Gasteiger partial charge in [-0.05, 0) is 67.2 Å². The van der Waals surface area contributed by atoms with Gasteiger partial charge < -0.3 is 20.1 Å². The van der Waals surface area contributed by atoms with E-state index in [1.807, 2.05) is 23.1 Å². The average Bonchev–Trinajstić information content (AvgIpc) is 3.49. The summed E-state index contributed by atoms with van der Waals surface area (Å²) >= 11 is 0. The molecule has 6 heteroatoms. The van der Waals surface area contributed by atoms with E-state index in [-0.39, 0.29) is 18.6 Å². The maximum Gasteiger partial charge on any atom is 0.241 e. The van der Waals surface area contributed by atoms with Crippen molar-refractivity contribution >= 4 is 11.6 Å². The summed E-state index contributed by atoms with van der Waals surface area (Å²) in [5, 5.41) is 14.0. The lowest BCUT2D eigenvalue weighted by Gasteiger charge is -2.35. The molecule has 5 rings (SSSR count). The quantitative estimate of drug-likeness (QED) is 0.721. The number of fused-ring (bicyclic) bond motifs is 1. The summed E-state index contributed by atoms with van der Waals surface area (Å²) in [4.78, 5) is 18.8. The lowest BCUT2D eigenvalue weighted by Crippen LogP contribution is -2.42. The second-order valence-electron chi connectivity index (χ2n) is 9.63. The number of para-hydroxylation sites is 1. The molecule has 2 heterocycles. The first-order chi connectivity index (χ1) is 15.7. The number of anilines is 1. The summed E-state index contributed by atoms with van der Waals surface area (Å²) in [6, 6.07) is 12.1. The molecule has 1 saturated heterocycles. The highest BCUT2D eigenvalue weighted by Crippen LogP contribution is 2.42. The van der Waals surface area contributed by atoms with Gasteiger partial charge in [0.15, 0.2) is 0 Å². The van der Waals surface area contributed by atoms with Crippen LogP contribution in [0.15, 0.2) is 48.8 Å². The van der Waals surface area contributed by atoms with Gasteiger partial charge in [-0.25, -0.2) is 0 Å². The zero-order valence-electron chi connectivity index (χ0n) is 18.5. The van der Waals surface area contributed by atoms with Crippen molar-refractivity contribution in [2.24, 2.45) is 11.8 Å². The molecule has 1 aromatic carbocycles. The first kappa shape index (κ1) is 21.3. The topological polar surface area (TPSA) is 74.7 Å². The molecule has 1 aliphatic heterocycles. The molecule has 6 nitrogen and oxygen atoms in total. The number of carbonyl (C=O) groups excluding carboxylic acids is 1. The third-order valence-electron chi connectivity index (χ3n) is 7.54. The van der Waals surface area contributed by atoms with Crippen molar-refractivity contribution in [3.8, 4) is 5.75 Å². The number of hydrogen-bond acceptors (Lipinski definition) is 5. The van der Waals surface area contributed by atoms with Crippen LogP contribution in [0.2, 0.25) is 0 Å². The molecule has 0 radical (unpaired) electrons. The Kier molecular flexibility index (Phi) is 6.30. The van der Waals surface area contributed by atoms with Gasteiger partial charge in [0.2, 0.25) is 5.91 Å². The molecule has 2 aromatic rings. The number of aliphatic hydroxyl groups excluding tert-OH is 1. The number of likely N-dealkylation sites (tertiary alicyclic amines) is 1. The molecule has 170 valence electrons. The maximum absolute atomic E-state index is 12.8. The summed E-state index contributed by atoms with van der Waals surface area (Å²) in [5.41, 5.74) is 2.14. The Hall–Kier alpha value is -2.60. The molecule has 0 bridgehead atoms. The number of pyridine rings is 1. The van der Waals surface area contributed by atoms with Crippen molar-refractivity contribution < 1.29 is 14.6 Å². The largest absolute Gasteiger partial charge is 0.487 e. The van der Waals surface area contributed by atoms with Gasteiger partial charge in [0, 0.05) is 25.5 Å². The van der Waals surface area contributed by atoms with Crippen LogP contribution in [0.25, 0.3) is 0 Å². The Morgan fingerprint density at radius 3 is 2.66 bits per heavy atom. The van der Waals surface area contributed by atoms with Crippen molar-refractivity contribution in [2.75, 3.05) is 25.0 Å². The van der Waals surface area contributed by atoms with Gasteiger partial charge >= 0.3 is 0 Å². The number of amides is 1. The lowest BCUT2D eigenvalue weighted by molar-refractivity contribution is -0.128. The van der Waals surface area contributed by atoms with Crippen LogP contribution in [-0.4, -0.2) is 52.7 Å². The van der Waals surface area contributed by atoms with Crippen LogP contribution in [0.1, 0.15) is 50.0 Å². The second kappa shape index (κ2) is 9.49. The van der Waals surface area contributed by atoms with E-state index in [2.05, 4.69) is 28.5 Å². The third-order valence-corrected chi connectivity index (χ3v) is 7.54. The Balaban J connectivity index is 1.19. The van der Waals surface area contributed by atoms with Gasteiger partial charge in [0.25, 0.3) is 0 Å². The van der Waals surface area contributed by atoms with Crippen LogP contribution in [0.3, 0.4) is 0 Å². The fraction of sp³-hybridized carbons (Fsp3) is 0.538. The molecule has 0 spiro atoms. The predicted octanol–water partition coefficient (Wildman–Crippen LogP) is 3.83. The van der Waals surface area contributed by atoms with E-state index in [4.69, 9.17) is 4.74 Å². The van der Waals surface area contributed by atoms with Crippen molar-refractivity contribution in [3.63, 3.8) is 0 Å². The van der Waals surface area contributed by atoms with E-state index in [9.17, 15) is 9.90 Å². The minimum atomic E-state index is -0.489. The minimum Gasteiger partial charge on any atom is -0.487 e. The monoisotopic (exact) mass is 435 g/mol. The fourth-order valence-corrected chi connectivity index (χ4v) is 5.80. The number of rotatable bonds is 6. The van der Waals surface area contributed by atoms with Crippen LogP contribution in [0.5, 0.6) is 5.75 Å². The van der Waals surface area contributed by atoms with E-state index in [1.165, 1.54) is 31.2 Å². The van der Waals surface area contributed by atoms with Crippen molar-refractivity contribution in [1.82, 2.24) is 9.88 Å². The summed E-state index contributed by atoms with van der Waals surface area (Å²) in [7, 11) is 0. The predicted molar refractivity (Wildman–Crippen MR) is 124 cm³/mol. The van der Waals surface area contributed by atoms with Crippen LogP contribution in [0.4, 0.5) is 5.69 Å². The molecule has 4 atom stereocenters. The number of ether oxygens (including phenoxy) is 1. The molecule has 1 aromatic heterocycles. The number of carbonyl (C=O) groups is 1. The number of aromatic nitrogens is 1. The Bertz CT molecular complexity index is 916. The summed E-state index contributed by atoms with van der Waals surface area (Å²) in [5.74, 6) is 2.34. The van der Waals surface area contributed by atoms with Gasteiger partial charge in [-0.1, -0.05) is 31.0 Å². The number of hydrogen-bond donors (Lipinski definition) is 2. The van der Waals surface area contributed by atoms with Gasteiger partial charge in [0.1, 0.15) is 11.9 Å². The normalized spacial score (nSPS) is 27.8. The number of benzene rings is 1. The summed E-state index contributed by atoms with van der Waals surface area (Å²) < 4.78 is 6.45. The zero-order chi connectivity index (χ0) is 21.9. The van der Waals surface area contributed by atoms with E-state index in [0.717, 1.165) is 30.9 Å². The van der Waals surface area contributed by atoms with E-state index < -0.39 is 6.10 Å². The number of aliphatic hydroxyl groups is 1. The van der Waals surface area contributed by atoms with Crippen molar-refractivity contribution in [2.45, 2.75) is 56.7 Å². The summed E-state index contributed by atoms with van der Waals surface area (Å²) in [6.07, 6.45) is 9.25. The SMILES string of the molecule is O=C(CNc1cccnc1)N1C[C@H]2C[C@@H](Oc3ccccc3C3CCCC3)[C@H](O)C[C@H]2C1. The highest BCUT2D eigenvalue weighted by atomic mass is 16.5. The van der Waals surface area contributed by atoms with Gasteiger partial charge in [-0.2, -0.15) is 0 Å². The third kappa shape index (κ3) is 4.60. The standard InChI is InChI=1S/C26H33N3O3/c30-23-12-19-16-29(26(31)15-28-21-8-5-11-27-14-21)17-20(19)13-25(23)32-24-10-4-3-9-22(24)18-6-1-2-7-18/h3-5,8-11,14,18-20,23,25,28,30H,1-2,6-7,12-13,15-17H2/t19-,20+,23+,25+/m0/s1. The van der Waals surface area contributed by atoms with Crippen LogP contribution >= 0.6 is 0 Å². The molecule has 2 N–H and O–H groups in total. The smallest absolute Gasteiger partial charge is 0.241 e. The molecule has 2 aliphatic carbocycles. The van der Waals surface area contributed by atoms with Crippen LogP contribution in [-0.2, 0) is 4.79 Å². The highest BCUT2D eigenvalue weighted by molar-refractivity contribution is 5.81. The lowest BCUT2D eigenvalue weighted by atomic mass is 9.78. The van der Waals surface area contributed by atoms with Gasteiger partial charge in [-0.15, -0.1) is 0 Å². The van der Waals surface area contributed by atoms with E-state index in [0.29, 0.717) is 24.2 Å². The molecule has 0 unspecified atom stereocenters. The van der Waals surface area contributed by atoms with Crippen LogP contribution < -0.4 is 10.1 Å². The van der Waals surface area contributed by atoms with Crippen molar-refractivity contribution in [1.29, 1.82) is 0 Å². The molecule has 32 heavy (non-hydrogen) atoms. The average molecular weight is 436 g/mol. The number of nitrogens with zero attached hydrogens (tertiary/aromatic N) is 2. The molecule has 3 fully saturated rings. The Morgan fingerprint density at radius 1 is 1.09 bits per heavy atom. The van der Waals surface area contributed by atoms with E-state index >= 15 is 0 Å². The maximum atomic E-state index is 12.8. The molecule has 3 aliphatic rings. The Morgan fingerprint density at radius 2 is 1.88 bits per heavy atom.